The number of allylic oxidation sites excluding steroid dienone is 2. The van der Waals surface area contributed by atoms with Crippen molar-refractivity contribution in [1.82, 2.24) is 0 Å². The Labute approximate surface area is 77.9 Å². The van der Waals surface area contributed by atoms with Crippen molar-refractivity contribution in [1.29, 1.82) is 5.26 Å². The van der Waals surface area contributed by atoms with Gasteiger partial charge in [-0.25, -0.2) is 0 Å². The van der Waals surface area contributed by atoms with Gasteiger partial charge in [0.15, 0.2) is 0 Å². The Kier molecular flexibility index (Phi) is 3.63. The summed E-state index contributed by atoms with van der Waals surface area (Å²) in [7, 11) is -1.93. The van der Waals surface area contributed by atoms with E-state index < -0.39 is 13.2 Å². The van der Waals surface area contributed by atoms with Crippen molar-refractivity contribution >= 4 is 8.32 Å². The Hall–Kier alpha value is -1.35. The summed E-state index contributed by atoms with van der Waals surface area (Å²) in [4.78, 5) is 9.71. The van der Waals surface area contributed by atoms with E-state index in [1.54, 1.807) is 6.07 Å². The third-order valence-corrected chi connectivity index (χ3v) is 1.93. The summed E-state index contributed by atoms with van der Waals surface area (Å²) >= 11 is 0. The van der Waals surface area contributed by atoms with Crippen molar-refractivity contribution in [2.45, 2.75) is 26.6 Å². The van der Waals surface area contributed by atoms with Crippen LogP contribution < -0.4 is 0 Å². The van der Waals surface area contributed by atoms with Crippen molar-refractivity contribution in [2.75, 3.05) is 0 Å². The van der Waals surface area contributed by atoms with Gasteiger partial charge in [-0.3, -0.25) is 10.1 Å². The zero-order valence-electron chi connectivity index (χ0n) is 8.12. The highest BCUT2D eigenvalue weighted by molar-refractivity contribution is 6.70. The van der Waals surface area contributed by atoms with Gasteiger partial charge in [0.25, 0.3) is 11.5 Å². The summed E-state index contributed by atoms with van der Waals surface area (Å²) in [5.74, 6) is -0.177. The molecule has 0 aliphatic heterocycles. The minimum absolute atomic E-state index is 0.177. The molecular formula is C7H12N2O3Si. The van der Waals surface area contributed by atoms with Crippen molar-refractivity contribution in [2.24, 2.45) is 0 Å². The van der Waals surface area contributed by atoms with Crippen molar-refractivity contribution < 1.29 is 9.35 Å². The van der Waals surface area contributed by atoms with Crippen LogP contribution in [0.1, 0.15) is 6.92 Å². The van der Waals surface area contributed by atoms with E-state index in [0.717, 1.165) is 0 Å². The molecule has 0 heterocycles. The molecular weight excluding hydrogens is 188 g/mol. The molecule has 0 N–H and O–H groups in total. The average Bonchev–Trinajstić information content (AvgIpc) is 1.97. The number of rotatable bonds is 3. The molecule has 13 heavy (non-hydrogen) atoms. The van der Waals surface area contributed by atoms with Gasteiger partial charge in [0, 0.05) is 6.92 Å². The molecule has 72 valence electrons. The standard InChI is InChI=1S/C7H12N2O3Si/c1-6(9(10)11)7(5-8)12-13(2,3)4/h1-4H3/b7-6+. The van der Waals surface area contributed by atoms with Gasteiger partial charge in [0.05, 0.1) is 4.92 Å². The summed E-state index contributed by atoms with van der Waals surface area (Å²) in [6, 6.07) is 1.69. The molecule has 0 aliphatic carbocycles. The monoisotopic (exact) mass is 200 g/mol. The van der Waals surface area contributed by atoms with Gasteiger partial charge in [0.1, 0.15) is 6.07 Å². The van der Waals surface area contributed by atoms with Crippen LogP contribution in [0.3, 0.4) is 0 Å². The fraction of sp³-hybridized carbons (Fsp3) is 0.571. The summed E-state index contributed by atoms with van der Waals surface area (Å²) in [6.07, 6.45) is 0. The first kappa shape index (κ1) is 11.6. The summed E-state index contributed by atoms with van der Waals surface area (Å²) in [6.45, 7) is 6.84. The molecule has 0 saturated carbocycles. The van der Waals surface area contributed by atoms with E-state index in [1.807, 2.05) is 19.6 Å². The van der Waals surface area contributed by atoms with Gasteiger partial charge in [0.2, 0.25) is 8.32 Å². The highest BCUT2D eigenvalue weighted by atomic mass is 28.4. The largest absolute Gasteiger partial charge is 0.533 e. The number of hydrogen-bond donors (Lipinski definition) is 0. The van der Waals surface area contributed by atoms with E-state index in [9.17, 15) is 10.1 Å². The highest BCUT2D eigenvalue weighted by Crippen LogP contribution is 2.13. The second-order valence-corrected chi connectivity index (χ2v) is 7.93. The maximum absolute atomic E-state index is 10.3. The molecule has 0 amide bonds. The first-order valence-corrected chi connectivity index (χ1v) is 7.13. The van der Waals surface area contributed by atoms with Crippen LogP contribution in [0.5, 0.6) is 0 Å². The summed E-state index contributed by atoms with van der Waals surface area (Å²) in [5.41, 5.74) is -0.232. The molecule has 0 bridgehead atoms. The van der Waals surface area contributed by atoms with E-state index in [2.05, 4.69) is 0 Å². The molecule has 0 rings (SSSR count). The van der Waals surface area contributed by atoms with Crippen molar-refractivity contribution in [3.63, 3.8) is 0 Å². The third kappa shape index (κ3) is 4.27. The molecule has 0 saturated heterocycles. The fourth-order valence-corrected chi connectivity index (χ4v) is 1.37. The number of nitro groups is 1. The average molecular weight is 200 g/mol. The summed E-state index contributed by atoms with van der Waals surface area (Å²) in [5, 5.41) is 18.9. The van der Waals surface area contributed by atoms with E-state index in [1.165, 1.54) is 6.92 Å². The van der Waals surface area contributed by atoms with E-state index in [-0.39, 0.29) is 11.5 Å². The van der Waals surface area contributed by atoms with Gasteiger partial charge in [-0.1, -0.05) is 0 Å². The topological polar surface area (TPSA) is 76.2 Å². The highest BCUT2D eigenvalue weighted by Gasteiger charge is 2.22. The SMILES string of the molecule is C/C(=C(/C#N)O[Si](C)(C)C)[N+](=O)[O-]. The van der Waals surface area contributed by atoms with Crippen LogP contribution in [0.2, 0.25) is 19.6 Å². The fourth-order valence-electron chi connectivity index (χ4n) is 0.567. The Morgan fingerprint density at radius 3 is 2.23 bits per heavy atom. The van der Waals surface area contributed by atoms with Crippen LogP contribution in [0.4, 0.5) is 0 Å². The molecule has 0 aromatic rings. The zero-order valence-corrected chi connectivity index (χ0v) is 9.12. The predicted octanol–water partition coefficient (Wildman–Crippen LogP) is 1.87. The quantitative estimate of drug-likeness (QED) is 0.229. The maximum Gasteiger partial charge on any atom is 0.294 e. The number of nitriles is 1. The molecule has 0 aliphatic rings. The third-order valence-electron chi connectivity index (χ3n) is 1.11. The van der Waals surface area contributed by atoms with Gasteiger partial charge < -0.3 is 4.43 Å². The Balaban J connectivity index is 4.84. The first-order valence-electron chi connectivity index (χ1n) is 3.72. The molecule has 6 heteroatoms. The van der Waals surface area contributed by atoms with Gasteiger partial charge in [-0.05, 0) is 19.6 Å². The summed E-state index contributed by atoms with van der Waals surface area (Å²) < 4.78 is 5.23. The smallest absolute Gasteiger partial charge is 0.294 e. The lowest BCUT2D eigenvalue weighted by atomic mass is 10.4. The number of hydrogen-bond acceptors (Lipinski definition) is 4. The van der Waals surface area contributed by atoms with Crippen molar-refractivity contribution in [3.8, 4) is 6.07 Å². The second kappa shape index (κ2) is 4.05. The van der Waals surface area contributed by atoms with Crippen LogP contribution in [0.25, 0.3) is 0 Å². The molecule has 0 atom stereocenters. The van der Waals surface area contributed by atoms with Crippen molar-refractivity contribution in [3.05, 3.63) is 21.6 Å². The molecule has 0 fully saturated rings. The van der Waals surface area contributed by atoms with Crippen LogP contribution in [-0.2, 0) is 4.43 Å². The minimum Gasteiger partial charge on any atom is -0.533 e. The van der Waals surface area contributed by atoms with Crippen LogP contribution in [0.15, 0.2) is 11.5 Å². The lowest BCUT2D eigenvalue weighted by Crippen LogP contribution is -2.25. The molecule has 0 aromatic carbocycles. The molecule has 0 aromatic heterocycles. The zero-order chi connectivity index (χ0) is 10.6. The lowest BCUT2D eigenvalue weighted by molar-refractivity contribution is -0.426. The van der Waals surface area contributed by atoms with E-state index in [4.69, 9.17) is 9.69 Å². The Morgan fingerprint density at radius 2 is 2.00 bits per heavy atom. The van der Waals surface area contributed by atoms with Crippen LogP contribution in [-0.4, -0.2) is 13.2 Å². The minimum atomic E-state index is -1.93. The van der Waals surface area contributed by atoms with Crippen LogP contribution in [0, 0.1) is 21.4 Å². The maximum atomic E-state index is 10.3. The molecule has 0 radical (unpaired) electrons. The lowest BCUT2D eigenvalue weighted by Gasteiger charge is -2.16. The Bertz CT molecular complexity index is 285. The normalized spacial score (nSPS) is 12.8. The Morgan fingerprint density at radius 1 is 1.54 bits per heavy atom. The predicted molar refractivity (Wildman–Crippen MR) is 49.7 cm³/mol. The first-order chi connectivity index (χ1) is 5.78. The number of nitrogens with zero attached hydrogens (tertiary/aromatic N) is 2. The molecule has 0 spiro atoms. The molecule has 0 unspecified atom stereocenters. The van der Waals surface area contributed by atoms with E-state index >= 15 is 0 Å². The van der Waals surface area contributed by atoms with Crippen LogP contribution >= 0.6 is 0 Å². The second-order valence-electron chi connectivity index (χ2n) is 3.50. The van der Waals surface area contributed by atoms with Gasteiger partial charge in [-0.2, -0.15) is 5.26 Å². The molecule has 5 nitrogen and oxygen atoms in total. The van der Waals surface area contributed by atoms with Gasteiger partial charge >= 0.3 is 0 Å². The van der Waals surface area contributed by atoms with E-state index in [0.29, 0.717) is 0 Å². The van der Waals surface area contributed by atoms with Gasteiger partial charge in [-0.15, -0.1) is 0 Å².